The fourth-order valence-electron chi connectivity index (χ4n) is 1.75. The van der Waals surface area contributed by atoms with Crippen LogP contribution in [0.25, 0.3) is 0 Å². The van der Waals surface area contributed by atoms with Gasteiger partial charge in [-0.3, -0.25) is 4.79 Å². The topological polar surface area (TPSA) is 67.5 Å². The first-order valence-electron chi connectivity index (χ1n) is 6.13. The molecule has 0 aromatic heterocycles. The first kappa shape index (κ1) is 15.2. The molecule has 0 saturated carbocycles. The van der Waals surface area contributed by atoms with Crippen molar-refractivity contribution < 1.29 is 9.18 Å². The quantitative estimate of drug-likeness (QED) is 0.660. The Kier molecular flexibility index (Phi) is 4.70. The van der Waals surface area contributed by atoms with E-state index < -0.39 is 0 Å². The highest BCUT2D eigenvalue weighted by Crippen LogP contribution is 2.22. The summed E-state index contributed by atoms with van der Waals surface area (Å²) < 4.78 is 13.7. The molecular formula is C15H13BrFN3O. The maximum atomic E-state index is 12.9. The zero-order valence-corrected chi connectivity index (χ0v) is 12.8. The summed E-state index contributed by atoms with van der Waals surface area (Å²) in [6.07, 6.45) is 0. The lowest BCUT2D eigenvalue weighted by Crippen LogP contribution is -2.28. The number of nitrogen functional groups attached to an aromatic ring is 1. The molecule has 21 heavy (non-hydrogen) atoms. The van der Waals surface area contributed by atoms with Gasteiger partial charge in [-0.25, -0.2) is 9.38 Å². The minimum Gasteiger partial charge on any atom is -0.398 e. The fraction of sp³-hybridized carbons (Fsp3) is 0.0667. The average molecular weight is 350 g/mol. The molecule has 4 nitrogen and oxygen atoms in total. The summed E-state index contributed by atoms with van der Waals surface area (Å²) >= 11 is 3.31. The molecule has 0 heterocycles. The predicted molar refractivity (Wildman–Crippen MR) is 85.2 cm³/mol. The Hall–Kier alpha value is -2.21. The molecule has 2 rings (SSSR count). The second-order valence-electron chi connectivity index (χ2n) is 4.25. The Morgan fingerprint density at radius 2 is 1.90 bits per heavy atom. The van der Waals surface area contributed by atoms with Gasteiger partial charge in [-0.2, -0.15) is 0 Å². The summed E-state index contributed by atoms with van der Waals surface area (Å²) in [4.78, 5) is 16.3. The average Bonchev–Trinajstić information content (AvgIpc) is 2.47. The molecule has 0 radical (unpaired) electrons. The number of carbonyl (C=O) groups excluding carboxylic acids is 1. The van der Waals surface area contributed by atoms with E-state index in [2.05, 4.69) is 26.2 Å². The van der Waals surface area contributed by atoms with Crippen LogP contribution in [0.4, 0.5) is 15.8 Å². The summed E-state index contributed by atoms with van der Waals surface area (Å²) in [5.74, 6) is -0.730. The van der Waals surface area contributed by atoms with Gasteiger partial charge in [0.15, 0.2) is 0 Å². The lowest BCUT2D eigenvalue weighted by Gasteiger charge is -2.09. The molecule has 0 bridgehead atoms. The van der Waals surface area contributed by atoms with E-state index in [9.17, 15) is 9.18 Å². The number of likely N-dealkylation sites (N-methyl/N-ethyl adjacent to an activating group) is 1. The molecule has 0 unspecified atom stereocenters. The molecule has 6 heteroatoms. The van der Waals surface area contributed by atoms with Crippen LogP contribution in [0.15, 0.2) is 51.9 Å². The standard InChI is InChI=1S/C15H13BrFN3O/c1-19-15(21)14(12-7-2-9(16)8-13(12)18)20-11-5-3-10(17)4-6-11/h2-8H,18H2,1H3,(H,19,21). The van der Waals surface area contributed by atoms with Crippen LogP contribution >= 0.6 is 15.9 Å². The van der Waals surface area contributed by atoms with Crippen molar-refractivity contribution in [2.75, 3.05) is 12.8 Å². The Bertz CT molecular complexity index is 699. The molecule has 108 valence electrons. The minimum absolute atomic E-state index is 0.175. The molecule has 0 aliphatic carbocycles. The second-order valence-corrected chi connectivity index (χ2v) is 5.16. The molecule has 2 aromatic carbocycles. The molecular weight excluding hydrogens is 337 g/mol. The van der Waals surface area contributed by atoms with Crippen LogP contribution in [0.1, 0.15) is 5.56 Å². The van der Waals surface area contributed by atoms with Crippen molar-refractivity contribution in [2.24, 2.45) is 4.99 Å². The van der Waals surface area contributed by atoms with E-state index >= 15 is 0 Å². The van der Waals surface area contributed by atoms with Crippen LogP contribution in [0.3, 0.4) is 0 Å². The number of hydrogen-bond acceptors (Lipinski definition) is 3. The van der Waals surface area contributed by atoms with Crippen LogP contribution in [0.2, 0.25) is 0 Å². The van der Waals surface area contributed by atoms with Gasteiger partial charge < -0.3 is 11.1 Å². The Labute approximate surface area is 130 Å². The normalized spacial score (nSPS) is 11.3. The SMILES string of the molecule is CNC(=O)C(=Nc1ccc(F)cc1)c1ccc(Br)cc1N. The molecule has 0 saturated heterocycles. The van der Waals surface area contributed by atoms with Gasteiger partial charge in [-0.05, 0) is 42.5 Å². The number of amides is 1. The van der Waals surface area contributed by atoms with Crippen molar-refractivity contribution >= 4 is 38.9 Å². The number of benzene rings is 2. The predicted octanol–water partition coefficient (Wildman–Crippen LogP) is 3.04. The molecule has 0 spiro atoms. The molecule has 1 amide bonds. The van der Waals surface area contributed by atoms with E-state index in [0.29, 0.717) is 16.9 Å². The van der Waals surface area contributed by atoms with Gasteiger partial charge in [0.25, 0.3) is 5.91 Å². The molecule has 0 atom stereocenters. The zero-order chi connectivity index (χ0) is 15.4. The van der Waals surface area contributed by atoms with Gasteiger partial charge in [0.2, 0.25) is 0 Å². The van der Waals surface area contributed by atoms with E-state index in [1.54, 1.807) is 18.2 Å². The van der Waals surface area contributed by atoms with E-state index in [1.165, 1.54) is 31.3 Å². The van der Waals surface area contributed by atoms with E-state index in [1.807, 2.05) is 0 Å². The maximum Gasteiger partial charge on any atom is 0.270 e. The highest BCUT2D eigenvalue weighted by atomic mass is 79.9. The number of halogens is 2. The summed E-state index contributed by atoms with van der Waals surface area (Å²) in [6.45, 7) is 0. The highest BCUT2D eigenvalue weighted by Gasteiger charge is 2.15. The number of anilines is 1. The third-order valence-corrected chi connectivity index (χ3v) is 3.27. The maximum absolute atomic E-state index is 12.9. The summed E-state index contributed by atoms with van der Waals surface area (Å²) in [7, 11) is 1.51. The zero-order valence-electron chi connectivity index (χ0n) is 11.2. The van der Waals surface area contributed by atoms with Crippen molar-refractivity contribution in [1.82, 2.24) is 5.32 Å². The van der Waals surface area contributed by atoms with Crippen LogP contribution in [-0.2, 0) is 4.79 Å². The van der Waals surface area contributed by atoms with Crippen molar-refractivity contribution in [3.8, 4) is 0 Å². The number of rotatable bonds is 3. The van der Waals surface area contributed by atoms with E-state index in [-0.39, 0.29) is 17.4 Å². The lowest BCUT2D eigenvalue weighted by molar-refractivity contribution is -0.114. The number of hydrogen-bond donors (Lipinski definition) is 2. The smallest absolute Gasteiger partial charge is 0.270 e. The number of aliphatic imine (C=N–C) groups is 1. The Morgan fingerprint density at radius 1 is 1.24 bits per heavy atom. The van der Waals surface area contributed by atoms with Gasteiger partial charge in [0, 0.05) is 22.8 Å². The molecule has 2 aromatic rings. The summed E-state index contributed by atoms with van der Waals surface area (Å²) in [5, 5.41) is 2.53. The van der Waals surface area contributed by atoms with Gasteiger partial charge in [-0.15, -0.1) is 0 Å². The first-order valence-corrected chi connectivity index (χ1v) is 6.92. The highest BCUT2D eigenvalue weighted by molar-refractivity contribution is 9.10. The fourth-order valence-corrected chi connectivity index (χ4v) is 2.12. The number of nitrogens with two attached hydrogens (primary N) is 1. The van der Waals surface area contributed by atoms with E-state index in [0.717, 1.165) is 4.47 Å². The summed E-state index contributed by atoms with van der Waals surface area (Å²) in [6, 6.07) is 10.7. The molecule has 3 N–H and O–H groups in total. The minimum atomic E-state index is -0.367. The van der Waals surface area contributed by atoms with Gasteiger partial charge >= 0.3 is 0 Å². The monoisotopic (exact) mass is 349 g/mol. The van der Waals surface area contributed by atoms with Crippen molar-refractivity contribution in [3.63, 3.8) is 0 Å². The Balaban J connectivity index is 2.53. The van der Waals surface area contributed by atoms with Crippen LogP contribution in [0.5, 0.6) is 0 Å². The third kappa shape index (κ3) is 3.66. The lowest BCUT2D eigenvalue weighted by atomic mass is 10.1. The molecule has 0 aliphatic rings. The van der Waals surface area contributed by atoms with Gasteiger partial charge in [0.1, 0.15) is 11.5 Å². The van der Waals surface area contributed by atoms with E-state index in [4.69, 9.17) is 5.73 Å². The third-order valence-electron chi connectivity index (χ3n) is 2.78. The Morgan fingerprint density at radius 3 is 2.48 bits per heavy atom. The van der Waals surface area contributed by atoms with Crippen LogP contribution in [-0.4, -0.2) is 18.7 Å². The second kappa shape index (κ2) is 6.49. The van der Waals surface area contributed by atoms with Crippen molar-refractivity contribution in [2.45, 2.75) is 0 Å². The molecule has 0 fully saturated rings. The largest absolute Gasteiger partial charge is 0.398 e. The number of carbonyl (C=O) groups is 1. The van der Waals surface area contributed by atoms with Crippen molar-refractivity contribution in [1.29, 1.82) is 0 Å². The molecule has 0 aliphatic heterocycles. The van der Waals surface area contributed by atoms with Gasteiger partial charge in [-0.1, -0.05) is 15.9 Å². The van der Waals surface area contributed by atoms with Crippen molar-refractivity contribution in [3.05, 3.63) is 58.3 Å². The van der Waals surface area contributed by atoms with Crippen LogP contribution < -0.4 is 11.1 Å². The van der Waals surface area contributed by atoms with Crippen LogP contribution in [0, 0.1) is 5.82 Å². The first-order chi connectivity index (χ1) is 10.0. The van der Waals surface area contributed by atoms with Gasteiger partial charge in [0.05, 0.1) is 5.69 Å². The number of nitrogens with zero attached hydrogens (tertiary/aromatic N) is 1. The number of nitrogens with one attached hydrogen (secondary N) is 1. The summed E-state index contributed by atoms with van der Waals surface area (Å²) in [5.41, 5.74) is 7.53.